The van der Waals surface area contributed by atoms with Gasteiger partial charge in [0.1, 0.15) is 5.01 Å². The number of anilines is 2. The van der Waals surface area contributed by atoms with Gasteiger partial charge in [0.2, 0.25) is 11.0 Å². The van der Waals surface area contributed by atoms with Crippen molar-refractivity contribution in [2.75, 3.05) is 11.1 Å². The predicted octanol–water partition coefficient (Wildman–Crippen LogP) is 2.33. The van der Waals surface area contributed by atoms with Crippen LogP contribution in [-0.4, -0.2) is 16.1 Å². The Labute approximate surface area is 115 Å². The Hall–Kier alpha value is -2.21. The number of aromatic nitrogens is 2. The molecule has 0 aliphatic heterocycles. The average molecular weight is 274 g/mol. The van der Waals surface area contributed by atoms with E-state index < -0.39 is 0 Å². The Bertz CT molecular complexity index is 606. The van der Waals surface area contributed by atoms with Gasteiger partial charge in [-0.1, -0.05) is 30.4 Å². The average Bonchev–Trinajstić information content (AvgIpc) is 2.84. The fourth-order valence-corrected chi connectivity index (χ4v) is 2.11. The van der Waals surface area contributed by atoms with Gasteiger partial charge in [0.15, 0.2) is 0 Å². The van der Waals surface area contributed by atoms with Crippen LogP contribution in [0.4, 0.5) is 10.8 Å². The van der Waals surface area contributed by atoms with E-state index in [0.29, 0.717) is 10.8 Å². The van der Waals surface area contributed by atoms with Gasteiger partial charge in [0.25, 0.3) is 0 Å². The van der Waals surface area contributed by atoms with Crippen LogP contribution in [-0.2, 0) is 11.2 Å². The normalized spacial score (nSPS) is 10.8. The molecule has 2 rings (SSSR count). The Morgan fingerprint density at radius 3 is 3.00 bits per heavy atom. The molecule has 1 aromatic heterocycles. The van der Waals surface area contributed by atoms with Gasteiger partial charge in [0.05, 0.1) is 0 Å². The summed E-state index contributed by atoms with van der Waals surface area (Å²) < 4.78 is 0. The number of nitrogens with zero attached hydrogens (tertiary/aromatic N) is 2. The van der Waals surface area contributed by atoms with Crippen LogP contribution < -0.4 is 11.1 Å². The van der Waals surface area contributed by atoms with Gasteiger partial charge in [-0.25, -0.2) is 0 Å². The van der Waals surface area contributed by atoms with E-state index in [1.807, 2.05) is 19.1 Å². The van der Waals surface area contributed by atoms with Crippen molar-refractivity contribution >= 4 is 34.1 Å². The van der Waals surface area contributed by atoms with Gasteiger partial charge in [-0.05, 0) is 30.2 Å². The van der Waals surface area contributed by atoms with E-state index >= 15 is 0 Å². The van der Waals surface area contributed by atoms with Gasteiger partial charge in [-0.15, -0.1) is 10.2 Å². The zero-order valence-electron chi connectivity index (χ0n) is 10.5. The summed E-state index contributed by atoms with van der Waals surface area (Å²) in [6.45, 7) is 1.99. The zero-order valence-corrected chi connectivity index (χ0v) is 11.3. The lowest BCUT2D eigenvalue weighted by Crippen LogP contribution is -2.07. The van der Waals surface area contributed by atoms with Gasteiger partial charge in [0, 0.05) is 11.8 Å². The van der Waals surface area contributed by atoms with Crippen LogP contribution in [0.15, 0.2) is 30.3 Å². The molecule has 0 aliphatic rings. The number of nitrogens with two attached hydrogens (primary N) is 1. The quantitative estimate of drug-likeness (QED) is 0.662. The molecule has 19 heavy (non-hydrogen) atoms. The molecule has 1 heterocycles. The summed E-state index contributed by atoms with van der Waals surface area (Å²) in [7, 11) is 0. The van der Waals surface area contributed by atoms with Crippen molar-refractivity contribution in [2.24, 2.45) is 0 Å². The van der Waals surface area contributed by atoms with E-state index in [1.54, 1.807) is 18.2 Å². The minimum atomic E-state index is -0.235. The minimum Gasteiger partial charge on any atom is -0.399 e. The zero-order chi connectivity index (χ0) is 13.7. The molecular weight excluding hydrogens is 260 g/mol. The van der Waals surface area contributed by atoms with Crippen molar-refractivity contribution in [3.63, 3.8) is 0 Å². The lowest BCUT2D eigenvalue weighted by atomic mass is 10.2. The lowest BCUT2D eigenvalue weighted by molar-refractivity contribution is -0.111. The summed E-state index contributed by atoms with van der Waals surface area (Å²) in [5, 5.41) is 11.9. The van der Waals surface area contributed by atoms with E-state index in [4.69, 9.17) is 5.73 Å². The maximum Gasteiger partial charge on any atom is 0.250 e. The van der Waals surface area contributed by atoms with Crippen molar-refractivity contribution in [1.29, 1.82) is 0 Å². The van der Waals surface area contributed by atoms with Crippen LogP contribution >= 0.6 is 11.3 Å². The molecule has 0 saturated heterocycles. The van der Waals surface area contributed by atoms with Gasteiger partial charge in [-0.2, -0.15) is 0 Å². The van der Waals surface area contributed by atoms with E-state index in [-0.39, 0.29) is 5.91 Å². The highest BCUT2D eigenvalue weighted by Gasteiger charge is 2.04. The first-order chi connectivity index (χ1) is 9.17. The molecule has 5 nitrogen and oxygen atoms in total. The molecule has 0 aliphatic carbocycles. The summed E-state index contributed by atoms with van der Waals surface area (Å²) in [4.78, 5) is 11.7. The molecule has 98 valence electrons. The molecule has 6 heteroatoms. The van der Waals surface area contributed by atoms with Gasteiger partial charge < -0.3 is 5.73 Å². The summed E-state index contributed by atoms with van der Waals surface area (Å²) in [5.41, 5.74) is 7.20. The molecule has 0 bridgehead atoms. The molecule has 2 aromatic rings. The van der Waals surface area contributed by atoms with Crippen LogP contribution in [0, 0.1) is 0 Å². The molecule has 3 N–H and O–H groups in total. The Kier molecular flexibility index (Phi) is 4.25. The van der Waals surface area contributed by atoms with Crippen LogP contribution in [0.2, 0.25) is 0 Å². The SMILES string of the molecule is CCc1nnc(NC(=O)/C=C/c2cccc(N)c2)s1. The van der Waals surface area contributed by atoms with E-state index in [1.165, 1.54) is 17.4 Å². The number of carbonyl (C=O) groups is 1. The van der Waals surface area contributed by atoms with E-state index in [9.17, 15) is 4.79 Å². The number of carbonyl (C=O) groups excluding carboxylic acids is 1. The smallest absolute Gasteiger partial charge is 0.250 e. The topological polar surface area (TPSA) is 80.9 Å². The Balaban J connectivity index is 1.97. The van der Waals surface area contributed by atoms with Crippen LogP contribution in [0.25, 0.3) is 6.08 Å². The maximum absolute atomic E-state index is 11.7. The summed E-state index contributed by atoms with van der Waals surface area (Å²) >= 11 is 1.38. The maximum atomic E-state index is 11.7. The number of hydrogen-bond acceptors (Lipinski definition) is 5. The Morgan fingerprint density at radius 1 is 1.47 bits per heavy atom. The van der Waals surface area contributed by atoms with Crippen molar-refractivity contribution in [2.45, 2.75) is 13.3 Å². The van der Waals surface area contributed by atoms with E-state index in [2.05, 4.69) is 15.5 Å². The summed E-state index contributed by atoms with van der Waals surface area (Å²) in [6, 6.07) is 7.31. The number of benzene rings is 1. The molecule has 0 radical (unpaired) electrons. The van der Waals surface area contributed by atoms with Crippen LogP contribution in [0.5, 0.6) is 0 Å². The third-order valence-electron chi connectivity index (χ3n) is 2.34. The van der Waals surface area contributed by atoms with Crippen molar-refractivity contribution in [1.82, 2.24) is 10.2 Å². The van der Waals surface area contributed by atoms with Crippen LogP contribution in [0.3, 0.4) is 0 Å². The number of nitrogen functional groups attached to an aromatic ring is 1. The fourth-order valence-electron chi connectivity index (χ4n) is 1.43. The molecular formula is C13H14N4OS. The number of rotatable bonds is 4. The molecule has 0 saturated carbocycles. The standard InChI is InChI=1S/C13H14N4OS/c1-2-12-16-17-13(19-12)15-11(18)7-6-9-4-3-5-10(14)8-9/h3-8H,2,14H2,1H3,(H,15,17,18)/b7-6+. The first-order valence-corrected chi connectivity index (χ1v) is 6.66. The number of nitrogens with one attached hydrogen (secondary N) is 1. The summed E-state index contributed by atoms with van der Waals surface area (Å²) in [5.74, 6) is -0.235. The first kappa shape index (κ1) is 13.2. The second-order valence-electron chi connectivity index (χ2n) is 3.85. The Morgan fingerprint density at radius 2 is 2.32 bits per heavy atom. The second-order valence-corrected chi connectivity index (χ2v) is 4.91. The summed E-state index contributed by atoms with van der Waals surface area (Å²) in [6.07, 6.45) is 3.96. The second kappa shape index (κ2) is 6.10. The third-order valence-corrected chi connectivity index (χ3v) is 3.32. The number of aryl methyl sites for hydroxylation is 1. The monoisotopic (exact) mass is 274 g/mol. The highest BCUT2D eigenvalue weighted by Crippen LogP contribution is 2.15. The van der Waals surface area contributed by atoms with Crippen molar-refractivity contribution in [3.05, 3.63) is 40.9 Å². The highest BCUT2D eigenvalue weighted by molar-refractivity contribution is 7.15. The van der Waals surface area contributed by atoms with E-state index in [0.717, 1.165) is 17.0 Å². The molecule has 1 aromatic carbocycles. The fraction of sp³-hybridized carbons (Fsp3) is 0.154. The van der Waals surface area contributed by atoms with Gasteiger partial charge >= 0.3 is 0 Å². The first-order valence-electron chi connectivity index (χ1n) is 5.84. The molecule has 0 fully saturated rings. The largest absolute Gasteiger partial charge is 0.399 e. The van der Waals surface area contributed by atoms with Gasteiger partial charge in [-0.3, -0.25) is 10.1 Å². The lowest BCUT2D eigenvalue weighted by Gasteiger charge is -1.96. The third kappa shape index (κ3) is 3.89. The molecule has 0 unspecified atom stereocenters. The van der Waals surface area contributed by atoms with Crippen molar-refractivity contribution < 1.29 is 4.79 Å². The minimum absolute atomic E-state index is 0.235. The molecule has 1 amide bonds. The van der Waals surface area contributed by atoms with Crippen molar-refractivity contribution in [3.8, 4) is 0 Å². The highest BCUT2D eigenvalue weighted by atomic mass is 32.1. The number of amides is 1. The number of hydrogen-bond donors (Lipinski definition) is 2. The molecule has 0 atom stereocenters. The molecule has 0 spiro atoms. The van der Waals surface area contributed by atoms with Crippen LogP contribution in [0.1, 0.15) is 17.5 Å². The predicted molar refractivity (Wildman–Crippen MR) is 77.8 cm³/mol.